The summed E-state index contributed by atoms with van der Waals surface area (Å²) in [6, 6.07) is 0. The Morgan fingerprint density at radius 3 is 1.23 bits per heavy atom. The van der Waals surface area contributed by atoms with Crippen molar-refractivity contribution in [1.82, 2.24) is 0 Å². The van der Waals surface area contributed by atoms with E-state index in [1.165, 1.54) is 0 Å². The van der Waals surface area contributed by atoms with Crippen LogP contribution in [0.4, 0.5) is 0 Å². The van der Waals surface area contributed by atoms with Gasteiger partial charge in [0.2, 0.25) is 0 Å². The Morgan fingerprint density at radius 1 is 0.727 bits per heavy atom. The van der Waals surface area contributed by atoms with E-state index in [0.717, 1.165) is 33.4 Å². The molecule has 0 aromatic heterocycles. The van der Waals surface area contributed by atoms with E-state index in [2.05, 4.69) is 9.68 Å². The van der Waals surface area contributed by atoms with E-state index in [1.54, 1.807) is 0 Å². The lowest BCUT2D eigenvalue weighted by atomic mass is 9.86. The highest BCUT2D eigenvalue weighted by Gasteiger charge is 2.15. The maximum atomic E-state index is 10.2. The van der Waals surface area contributed by atoms with Crippen molar-refractivity contribution >= 4 is 0 Å². The normalized spacial score (nSPS) is 10.4. The molecule has 0 atom stereocenters. The van der Waals surface area contributed by atoms with Gasteiger partial charge in [0.15, 0.2) is 0 Å². The Balaban J connectivity index is 2.99. The summed E-state index contributed by atoms with van der Waals surface area (Å²) in [5, 5.41) is 18.9. The maximum absolute atomic E-state index is 10.2. The monoisotopic (exact) mass is 312 g/mol. The standard InChI is InChI=1S/C14H20N2O6/c1-9-10(2)14(6-8-22-16(19)20)12(4)11(3)13(9)5-7-21-15(17)18/h5-8H2,1-4H3. The van der Waals surface area contributed by atoms with Crippen LogP contribution in [-0.4, -0.2) is 23.4 Å². The van der Waals surface area contributed by atoms with Gasteiger partial charge in [-0.05, 0) is 73.9 Å². The van der Waals surface area contributed by atoms with E-state index in [9.17, 15) is 20.2 Å². The zero-order chi connectivity index (χ0) is 16.9. The van der Waals surface area contributed by atoms with Crippen LogP contribution in [0.2, 0.25) is 0 Å². The number of hydrogen-bond donors (Lipinski definition) is 0. The molecule has 0 aliphatic rings. The first-order valence-electron chi connectivity index (χ1n) is 6.88. The predicted molar refractivity (Wildman–Crippen MR) is 78.7 cm³/mol. The van der Waals surface area contributed by atoms with Gasteiger partial charge >= 0.3 is 0 Å². The van der Waals surface area contributed by atoms with E-state index in [4.69, 9.17) is 0 Å². The Morgan fingerprint density at radius 2 is 1.00 bits per heavy atom. The average molecular weight is 312 g/mol. The minimum absolute atomic E-state index is 0.0113. The summed E-state index contributed by atoms with van der Waals surface area (Å²) in [7, 11) is 0. The molecule has 0 saturated heterocycles. The van der Waals surface area contributed by atoms with Gasteiger partial charge in [-0.15, -0.1) is 20.2 Å². The minimum atomic E-state index is -0.798. The molecule has 22 heavy (non-hydrogen) atoms. The molecule has 1 rings (SSSR count). The molecule has 0 aliphatic heterocycles. The molecule has 0 radical (unpaired) electrons. The van der Waals surface area contributed by atoms with Gasteiger partial charge in [-0.3, -0.25) is 0 Å². The van der Waals surface area contributed by atoms with Crippen molar-refractivity contribution in [3.8, 4) is 0 Å². The van der Waals surface area contributed by atoms with Crippen molar-refractivity contribution in [1.29, 1.82) is 0 Å². The molecule has 0 saturated carbocycles. The lowest BCUT2D eigenvalue weighted by Gasteiger charge is -2.20. The molecule has 1 aromatic rings. The largest absolute Gasteiger partial charge is 0.314 e. The van der Waals surface area contributed by atoms with Crippen LogP contribution in [0.15, 0.2) is 0 Å². The Bertz CT molecular complexity index is 505. The summed E-state index contributed by atoms with van der Waals surface area (Å²) in [5.74, 6) is 0. The van der Waals surface area contributed by atoms with Gasteiger partial charge in [0.25, 0.3) is 10.2 Å². The first-order valence-corrected chi connectivity index (χ1v) is 6.88. The van der Waals surface area contributed by atoms with Gasteiger partial charge in [-0.1, -0.05) is 0 Å². The first-order chi connectivity index (χ1) is 10.3. The van der Waals surface area contributed by atoms with Crippen LogP contribution in [0, 0.1) is 47.9 Å². The lowest BCUT2D eigenvalue weighted by molar-refractivity contribution is -0.757. The van der Waals surface area contributed by atoms with Crippen LogP contribution >= 0.6 is 0 Å². The SMILES string of the molecule is Cc1c(C)c(CCO[N+](=O)[O-])c(C)c(C)c1CCO[N+](=O)[O-]. The van der Waals surface area contributed by atoms with Gasteiger partial charge in [0.1, 0.15) is 13.2 Å². The van der Waals surface area contributed by atoms with Crippen LogP contribution in [0.25, 0.3) is 0 Å². The minimum Gasteiger partial charge on any atom is -0.314 e. The van der Waals surface area contributed by atoms with Crippen LogP contribution in [0.3, 0.4) is 0 Å². The van der Waals surface area contributed by atoms with Crippen molar-refractivity contribution in [2.45, 2.75) is 40.5 Å². The van der Waals surface area contributed by atoms with E-state index in [1.807, 2.05) is 27.7 Å². The third kappa shape index (κ3) is 4.31. The Hall–Kier alpha value is -2.38. The molecule has 0 N–H and O–H groups in total. The molecule has 0 amide bonds. The third-order valence-electron chi connectivity index (χ3n) is 4.03. The summed E-state index contributed by atoms with van der Waals surface area (Å²) in [6.07, 6.45) is 0.901. The number of hydrogen-bond acceptors (Lipinski definition) is 6. The third-order valence-corrected chi connectivity index (χ3v) is 4.03. The molecule has 0 unspecified atom stereocenters. The summed E-state index contributed by atoms with van der Waals surface area (Å²) in [6.45, 7) is 7.80. The van der Waals surface area contributed by atoms with Gasteiger partial charge in [0, 0.05) is 0 Å². The lowest BCUT2D eigenvalue weighted by Crippen LogP contribution is -2.12. The molecule has 0 bridgehead atoms. The predicted octanol–water partition coefficient (Wildman–Crippen LogP) is 2.42. The molecular weight excluding hydrogens is 292 g/mol. The van der Waals surface area contributed by atoms with Gasteiger partial charge in [0.05, 0.1) is 0 Å². The fourth-order valence-corrected chi connectivity index (χ4v) is 2.66. The zero-order valence-corrected chi connectivity index (χ0v) is 13.2. The first kappa shape index (κ1) is 17.7. The summed E-state index contributed by atoms with van der Waals surface area (Å²) < 4.78 is 0. The quantitative estimate of drug-likeness (QED) is 0.539. The fraction of sp³-hybridized carbons (Fsp3) is 0.571. The van der Waals surface area contributed by atoms with E-state index < -0.39 is 10.2 Å². The second kappa shape index (κ2) is 7.58. The van der Waals surface area contributed by atoms with Crippen molar-refractivity contribution < 1.29 is 19.8 Å². The Kier molecular flexibility index (Phi) is 6.09. The second-order valence-corrected chi connectivity index (χ2v) is 5.07. The number of rotatable bonds is 8. The van der Waals surface area contributed by atoms with Crippen LogP contribution in [0.5, 0.6) is 0 Å². The van der Waals surface area contributed by atoms with E-state index in [0.29, 0.717) is 12.8 Å². The smallest absolute Gasteiger partial charge is 0.294 e. The van der Waals surface area contributed by atoms with Crippen LogP contribution < -0.4 is 0 Å². The molecule has 8 nitrogen and oxygen atoms in total. The second-order valence-electron chi connectivity index (χ2n) is 5.07. The summed E-state index contributed by atoms with van der Waals surface area (Å²) in [4.78, 5) is 29.2. The highest BCUT2D eigenvalue weighted by atomic mass is 17.0. The van der Waals surface area contributed by atoms with Crippen molar-refractivity contribution in [3.05, 3.63) is 53.6 Å². The maximum Gasteiger partial charge on any atom is 0.294 e. The molecule has 0 aliphatic carbocycles. The fourth-order valence-electron chi connectivity index (χ4n) is 2.66. The van der Waals surface area contributed by atoms with Crippen LogP contribution in [0.1, 0.15) is 33.4 Å². The molecule has 0 fully saturated rings. The van der Waals surface area contributed by atoms with Crippen molar-refractivity contribution in [2.24, 2.45) is 0 Å². The molecule has 0 heterocycles. The zero-order valence-electron chi connectivity index (χ0n) is 13.2. The van der Waals surface area contributed by atoms with E-state index >= 15 is 0 Å². The molecule has 8 heteroatoms. The highest BCUT2D eigenvalue weighted by molar-refractivity contribution is 5.50. The molecule has 0 spiro atoms. The summed E-state index contributed by atoms with van der Waals surface area (Å²) >= 11 is 0. The van der Waals surface area contributed by atoms with Gasteiger partial charge in [-0.2, -0.15) is 0 Å². The number of benzene rings is 1. The molecular formula is C14H20N2O6. The average Bonchev–Trinajstić information content (AvgIpc) is 2.43. The number of nitrogens with zero attached hydrogens (tertiary/aromatic N) is 2. The molecule has 122 valence electrons. The van der Waals surface area contributed by atoms with Gasteiger partial charge < -0.3 is 9.68 Å². The van der Waals surface area contributed by atoms with Gasteiger partial charge in [-0.25, -0.2) is 0 Å². The summed E-state index contributed by atoms with van der Waals surface area (Å²) in [5.41, 5.74) is 6.18. The van der Waals surface area contributed by atoms with Crippen molar-refractivity contribution in [3.63, 3.8) is 0 Å². The van der Waals surface area contributed by atoms with Crippen molar-refractivity contribution in [2.75, 3.05) is 13.2 Å². The van der Waals surface area contributed by atoms with E-state index in [-0.39, 0.29) is 13.2 Å². The Labute approximate surface area is 128 Å². The van der Waals surface area contributed by atoms with Crippen LogP contribution in [-0.2, 0) is 22.5 Å². The topological polar surface area (TPSA) is 105 Å². The molecule has 1 aromatic carbocycles. The highest BCUT2D eigenvalue weighted by Crippen LogP contribution is 2.27.